The van der Waals surface area contributed by atoms with Crippen molar-refractivity contribution in [2.24, 2.45) is 11.8 Å². The van der Waals surface area contributed by atoms with Crippen molar-refractivity contribution in [3.63, 3.8) is 0 Å². The average Bonchev–Trinajstić information content (AvgIpc) is 3.52. The molecule has 1 aliphatic carbocycles. The van der Waals surface area contributed by atoms with E-state index in [0.717, 1.165) is 37.4 Å². The third kappa shape index (κ3) is 3.31. The number of hydrogen-bond acceptors (Lipinski definition) is 4. The summed E-state index contributed by atoms with van der Waals surface area (Å²) in [5.74, 6) is 1.98. The first-order valence-corrected chi connectivity index (χ1v) is 10.2. The standard InChI is InChI=1S/C21H27N3O3/c25-20(23-9-10-27-19-4-2-1-3-18(19)23)14-22-12-16-7-8-17(13-22)24(21(16)26)11-15-5-6-15/h1-4,15-17H,5-14H2/t16-,17+/m0/s1. The van der Waals surface area contributed by atoms with E-state index >= 15 is 0 Å². The van der Waals surface area contributed by atoms with Crippen LogP contribution in [0.1, 0.15) is 25.7 Å². The number of fused-ring (bicyclic) bond motifs is 5. The molecule has 5 aliphatic rings. The van der Waals surface area contributed by atoms with E-state index in [1.807, 2.05) is 29.2 Å². The second-order valence-corrected chi connectivity index (χ2v) is 8.42. The van der Waals surface area contributed by atoms with Gasteiger partial charge in [0.1, 0.15) is 12.4 Å². The Morgan fingerprint density at radius 1 is 1.11 bits per heavy atom. The summed E-state index contributed by atoms with van der Waals surface area (Å²) in [4.78, 5) is 32.1. The highest BCUT2D eigenvalue weighted by Gasteiger charge is 2.43. The average molecular weight is 369 g/mol. The van der Waals surface area contributed by atoms with Crippen molar-refractivity contribution in [1.29, 1.82) is 0 Å². The second-order valence-electron chi connectivity index (χ2n) is 8.42. The van der Waals surface area contributed by atoms with Crippen LogP contribution in [0.25, 0.3) is 0 Å². The quantitative estimate of drug-likeness (QED) is 0.811. The first-order chi connectivity index (χ1) is 13.2. The number of nitrogens with zero attached hydrogens (tertiary/aromatic N) is 3. The lowest BCUT2D eigenvalue weighted by molar-refractivity contribution is -0.140. The summed E-state index contributed by atoms with van der Waals surface area (Å²) < 4.78 is 5.67. The predicted octanol–water partition coefficient (Wildman–Crippen LogP) is 1.74. The molecule has 1 aromatic carbocycles. The van der Waals surface area contributed by atoms with E-state index in [1.54, 1.807) is 0 Å². The van der Waals surface area contributed by atoms with Gasteiger partial charge in [-0.3, -0.25) is 14.5 Å². The molecule has 1 aromatic rings. The number of para-hydroxylation sites is 2. The van der Waals surface area contributed by atoms with Crippen LogP contribution in [0.15, 0.2) is 24.3 Å². The number of piperidine rings is 1. The first kappa shape index (κ1) is 17.0. The Balaban J connectivity index is 1.29. The lowest BCUT2D eigenvalue weighted by atomic mass is 9.94. The van der Waals surface area contributed by atoms with Gasteiger partial charge in [0, 0.05) is 25.7 Å². The van der Waals surface area contributed by atoms with Crippen molar-refractivity contribution in [3.8, 4) is 5.75 Å². The van der Waals surface area contributed by atoms with Crippen molar-refractivity contribution >= 4 is 17.5 Å². The fourth-order valence-electron chi connectivity index (χ4n) is 4.78. The van der Waals surface area contributed by atoms with Crippen LogP contribution in [-0.4, -0.2) is 67.0 Å². The van der Waals surface area contributed by atoms with E-state index in [2.05, 4.69) is 9.80 Å². The lowest BCUT2D eigenvalue weighted by Crippen LogP contribution is -2.49. The number of carbonyl (C=O) groups excluding carboxylic acids is 2. The normalized spacial score (nSPS) is 27.9. The van der Waals surface area contributed by atoms with Gasteiger partial charge in [0.2, 0.25) is 11.8 Å². The van der Waals surface area contributed by atoms with Crippen LogP contribution in [0.4, 0.5) is 5.69 Å². The maximum atomic E-state index is 13.1. The molecule has 27 heavy (non-hydrogen) atoms. The third-order valence-corrected chi connectivity index (χ3v) is 6.41. The minimum atomic E-state index is 0.0623. The SMILES string of the molecule is O=C(CN1C[C@@H]2CC[C@H](C1)N(CC1CC1)C2=O)N1CCOc2ccccc21. The summed E-state index contributed by atoms with van der Waals surface area (Å²) in [7, 11) is 0. The molecule has 4 fully saturated rings. The van der Waals surface area contributed by atoms with Crippen LogP contribution in [-0.2, 0) is 9.59 Å². The monoisotopic (exact) mass is 369 g/mol. The molecular formula is C21H27N3O3. The Kier molecular flexibility index (Phi) is 4.31. The summed E-state index contributed by atoms with van der Waals surface area (Å²) in [6, 6.07) is 8.00. The van der Waals surface area contributed by atoms with Gasteiger partial charge in [-0.15, -0.1) is 0 Å². The van der Waals surface area contributed by atoms with E-state index < -0.39 is 0 Å². The molecule has 1 saturated carbocycles. The minimum Gasteiger partial charge on any atom is -0.490 e. The summed E-state index contributed by atoms with van der Waals surface area (Å²) in [6.45, 7) is 3.97. The van der Waals surface area contributed by atoms with Gasteiger partial charge in [0.15, 0.2) is 0 Å². The van der Waals surface area contributed by atoms with Crippen molar-refractivity contribution in [3.05, 3.63) is 24.3 Å². The van der Waals surface area contributed by atoms with Crippen LogP contribution in [0.3, 0.4) is 0 Å². The van der Waals surface area contributed by atoms with E-state index in [9.17, 15) is 9.59 Å². The second kappa shape index (κ2) is 6.82. The van der Waals surface area contributed by atoms with Gasteiger partial charge in [-0.2, -0.15) is 0 Å². The zero-order chi connectivity index (χ0) is 18.4. The maximum Gasteiger partial charge on any atom is 0.241 e. The topological polar surface area (TPSA) is 53.1 Å². The molecule has 2 atom stereocenters. The number of rotatable bonds is 4. The summed E-state index contributed by atoms with van der Waals surface area (Å²) >= 11 is 0. The Hall–Kier alpha value is -2.08. The van der Waals surface area contributed by atoms with Gasteiger partial charge in [0.05, 0.1) is 24.7 Å². The Morgan fingerprint density at radius 3 is 2.81 bits per heavy atom. The molecule has 4 heterocycles. The molecule has 144 valence electrons. The largest absolute Gasteiger partial charge is 0.490 e. The smallest absolute Gasteiger partial charge is 0.241 e. The number of amides is 2. The Bertz CT molecular complexity index is 748. The predicted molar refractivity (Wildman–Crippen MR) is 102 cm³/mol. The molecule has 0 N–H and O–H groups in total. The first-order valence-electron chi connectivity index (χ1n) is 10.2. The molecule has 2 bridgehead atoms. The molecule has 3 saturated heterocycles. The van der Waals surface area contributed by atoms with Gasteiger partial charge in [0.25, 0.3) is 0 Å². The Morgan fingerprint density at radius 2 is 1.96 bits per heavy atom. The minimum absolute atomic E-state index is 0.0623. The molecule has 6 nitrogen and oxygen atoms in total. The molecule has 0 spiro atoms. The summed E-state index contributed by atoms with van der Waals surface area (Å²) in [5, 5.41) is 0. The fourth-order valence-corrected chi connectivity index (χ4v) is 4.78. The van der Waals surface area contributed by atoms with Crippen molar-refractivity contribution in [1.82, 2.24) is 9.80 Å². The highest BCUT2D eigenvalue weighted by atomic mass is 16.5. The van der Waals surface area contributed by atoms with Crippen molar-refractivity contribution < 1.29 is 14.3 Å². The molecule has 0 radical (unpaired) electrons. The summed E-state index contributed by atoms with van der Waals surface area (Å²) in [5.41, 5.74) is 0.859. The molecule has 6 rings (SSSR count). The number of hydrogen-bond donors (Lipinski definition) is 0. The third-order valence-electron chi connectivity index (χ3n) is 6.41. The zero-order valence-corrected chi connectivity index (χ0v) is 15.7. The molecule has 0 aromatic heterocycles. The molecule has 2 amide bonds. The van der Waals surface area contributed by atoms with E-state index in [0.29, 0.717) is 38.1 Å². The van der Waals surface area contributed by atoms with Gasteiger partial charge in [-0.25, -0.2) is 0 Å². The number of ether oxygens (including phenoxy) is 1. The van der Waals surface area contributed by atoms with E-state index in [4.69, 9.17) is 4.74 Å². The fraction of sp³-hybridized carbons (Fsp3) is 0.619. The van der Waals surface area contributed by atoms with Gasteiger partial charge in [-0.05, 0) is 43.7 Å². The van der Waals surface area contributed by atoms with Crippen LogP contribution in [0, 0.1) is 11.8 Å². The number of anilines is 1. The number of benzene rings is 1. The highest BCUT2D eigenvalue weighted by Crippen LogP contribution is 2.36. The Labute approximate surface area is 160 Å². The number of carbonyl (C=O) groups is 2. The highest BCUT2D eigenvalue weighted by molar-refractivity contribution is 5.96. The molecular weight excluding hydrogens is 342 g/mol. The van der Waals surface area contributed by atoms with Gasteiger partial charge in [-0.1, -0.05) is 12.1 Å². The van der Waals surface area contributed by atoms with Crippen molar-refractivity contribution in [2.45, 2.75) is 31.7 Å². The van der Waals surface area contributed by atoms with E-state index in [-0.39, 0.29) is 17.9 Å². The van der Waals surface area contributed by atoms with Crippen LogP contribution in [0.2, 0.25) is 0 Å². The zero-order valence-electron chi connectivity index (χ0n) is 15.7. The lowest BCUT2D eigenvalue weighted by Gasteiger charge is -2.36. The van der Waals surface area contributed by atoms with Gasteiger partial charge >= 0.3 is 0 Å². The summed E-state index contributed by atoms with van der Waals surface area (Å²) in [6.07, 6.45) is 4.57. The van der Waals surface area contributed by atoms with E-state index in [1.165, 1.54) is 12.8 Å². The molecule has 0 unspecified atom stereocenters. The maximum absolute atomic E-state index is 13.1. The molecule has 4 aliphatic heterocycles. The van der Waals surface area contributed by atoms with Crippen LogP contribution < -0.4 is 9.64 Å². The van der Waals surface area contributed by atoms with Crippen LogP contribution in [0.5, 0.6) is 5.75 Å². The van der Waals surface area contributed by atoms with Crippen LogP contribution >= 0.6 is 0 Å². The molecule has 6 heteroatoms. The van der Waals surface area contributed by atoms with Crippen molar-refractivity contribution in [2.75, 3.05) is 44.2 Å². The van der Waals surface area contributed by atoms with Gasteiger partial charge < -0.3 is 14.5 Å².